The molecule has 0 aliphatic heterocycles. The maximum atomic E-state index is 2.53. The average molecular weight is 186 g/mol. The van der Waals surface area contributed by atoms with E-state index in [0.717, 1.165) is 35.5 Å². The minimum atomic E-state index is 0.968. The largest absolute Gasteiger partial charge is 0.0882 e. The van der Waals surface area contributed by atoms with E-state index in [1.165, 1.54) is 19.3 Å². The normalized spacial score (nSPS) is 60.2. The Hall–Kier alpha value is -0.520. The van der Waals surface area contributed by atoms with Crippen molar-refractivity contribution in [1.29, 1.82) is 0 Å². The second kappa shape index (κ2) is 2.35. The zero-order valence-electron chi connectivity index (χ0n) is 8.82. The highest BCUT2D eigenvalue weighted by atomic mass is 14.6. The molecule has 4 bridgehead atoms. The first-order chi connectivity index (χ1) is 6.88. The predicted octanol–water partition coefficient (Wildman–Crippen LogP) is 3.41. The van der Waals surface area contributed by atoms with Gasteiger partial charge in [0.15, 0.2) is 0 Å². The van der Waals surface area contributed by atoms with Crippen molar-refractivity contribution in [3.05, 3.63) is 23.8 Å². The molecule has 0 aromatic rings. The molecule has 0 aromatic carbocycles. The monoisotopic (exact) mass is 186 g/mol. The summed E-state index contributed by atoms with van der Waals surface area (Å²) in [5, 5.41) is 0. The molecule has 0 saturated heterocycles. The highest BCUT2D eigenvalue weighted by Crippen LogP contribution is 2.66. The van der Waals surface area contributed by atoms with Crippen LogP contribution >= 0.6 is 0 Å². The number of allylic oxidation sites excluding steroid dienone is 4. The van der Waals surface area contributed by atoms with Gasteiger partial charge in [-0.2, -0.15) is 0 Å². The molecule has 0 heterocycles. The highest BCUT2D eigenvalue weighted by Gasteiger charge is 2.59. The summed E-state index contributed by atoms with van der Waals surface area (Å²) in [5.41, 5.74) is 1.80. The van der Waals surface area contributed by atoms with Crippen molar-refractivity contribution in [1.82, 2.24) is 0 Å². The molecule has 6 atom stereocenters. The molecule has 74 valence electrons. The topological polar surface area (TPSA) is 0 Å². The Bertz CT molecular complexity index is 336. The van der Waals surface area contributed by atoms with Gasteiger partial charge in [0.1, 0.15) is 0 Å². The number of rotatable bonds is 0. The Labute approximate surface area is 86.1 Å². The molecule has 6 unspecified atom stereocenters. The van der Waals surface area contributed by atoms with E-state index in [-0.39, 0.29) is 0 Å². The van der Waals surface area contributed by atoms with Gasteiger partial charge in [0.2, 0.25) is 0 Å². The van der Waals surface area contributed by atoms with Crippen LogP contribution in [0.15, 0.2) is 23.8 Å². The fraction of sp³-hybridized carbons (Fsp3) is 0.714. The van der Waals surface area contributed by atoms with Crippen molar-refractivity contribution in [2.45, 2.75) is 26.2 Å². The van der Waals surface area contributed by atoms with Gasteiger partial charge in [-0.3, -0.25) is 0 Å². The molecule has 0 spiro atoms. The van der Waals surface area contributed by atoms with Gasteiger partial charge < -0.3 is 0 Å². The summed E-state index contributed by atoms with van der Waals surface area (Å²) in [7, 11) is 0. The second-order valence-electron chi connectivity index (χ2n) is 5.77. The van der Waals surface area contributed by atoms with E-state index >= 15 is 0 Å². The van der Waals surface area contributed by atoms with E-state index in [1.54, 1.807) is 5.57 Å². The molecular formula is C14H18. The van der Waals surface area contributed by atoms with Crippen LogP contribution in [0.2, 0.25) is 0 Å². The van der Waals surface area contributed by atoms with Crippen LogP contribution in [0.25, 0.3) is 0 Å². The Morgan fingerprint density at radius 3 is 2.71 bits per heavy atom. The van der Waals surface area contributed by atoms with Gasteiger partial charge in [-0.1, -0.05) is 23.8 Å². The summed E-state index contributed by atoms with van der Waals surface area (Å²) in [4.78, 5) is 0. The van der Waals surface area contributed by atoms with Crippen molar-refractivity contribution in [2.24, 2.45) is 35.5 Å². The van der Waals surface area contributed by atoms with Crippen molar-refractivity contribution in [3.8, 4) is 0 Å². The molecule has 14 heavy (non-hydrogen) atoms. The molecule has 0 radical (unpaired) electrons. The van der Waals surface area contributed by atoms with Gasteiger partial charge >= 0.3 is 0 Å². The van der Waals surface area contributed by atoms with E-state index in [4.69, 9.17) is 0 Å². The van der Waals surface area contributed by atoms with Gasteiger partial charge in [0.25, 0.3) is 0 Å². The first-order valence-electron chi connectivity index (χ1n) is 6.22. The Morgan fingerprint density at radius 1 is 1.14 bits per heavy atom. The van der Waals surface area contributed by atoms with Gasteiger partial charge in [-0.25, -0.2) is 0 Å². The van der Waals surface area contributed by atoms with Crippen LogP contribution in [0.3, 0.4) is 0 Å². The van der Waals surface area contributed by atoms with Crippen LogP contribution in [-0.2, 0) is 0 Å². The Kier molecular flexibility index (Phi) is 1.30. The van der Waals surface area contributed by atoms with Gasteiger partial charge in [-0.15, -0.1) is 0 Å². The summed E-state index contributed by atoms with van der Waals surface area (Å²) >= 11 is 0. The molecular weight excluding hydrogens is 168 g/mol. The van der Waals surface area contributed by atoms with Crippen molar-refractivity contribution in [3.63, 3.8) is 0 Å². The van der Waals surface area contributed by atoms with Crippen molar-refractivity contribution < 1.29 is 0 Å². The van der Waals surface area contributed by atoms with E-state index < -0.39 is 0 Å². The number of hydrogen-bond donors (Lipinski definition) is 0. The molecule has 4 rings (SSSR count). The SMILES string of the molecule is C/C=C1/CC2CC1C1C3C=CC(C3)C21. The number of hydrogen-bond acceptors (Lipinski definition) is 0. The summed E-state index contributed by atoms with van der Waals surface area (Å²) in [5.74, 6) is 6.17. The Morgan fingerprint density at radius 2 is 1.93 bits per heavy atom. The summed E-state index contributed by atoms with van der Waals surface area (Å²) in [6.45, 7) is 2.24. The third-order valence-corrected chi connectivity index (χ3v) is 5.49. The third kappa shape index (κ3) is 0.699. The molecule has 4 aliphatic carbocycles. The maximum absolute atomic E-state index is 2.53. The average Bonchev–Trinajstić information content (AvgIpc) is 2.94. The third-order valence-electron chi connectivity index (χ3n) is 5.49. The van der Waals surface area contributed by atoms with Gasteiger partial charge in [0.05, 0.1) is 0 Å². The smallest absolute Gasteiger partial charge is 0.0163 e. The highest BCUT2D eigenvalue weighted by molar-refractivity contribution is 5.28. The first-order valence-corrected chi connectivity index (χ1v) is 6.22. The summed E-state index contributed by atoms with van der Waals surface area (Å²) in [6, 6.07) is 0. The van der Waals surface area contributed by atoms with Crippen LogP contribution in [0, 0.1) is 35.5 Å². The zero-order chi connectivity index (χ0) is 9.28. The van der Waals surface area contributed by atoms with Gasteiger partial charge in [0, 0.05) is 0 Å². The van der Waals surface area contributed by atoms with E-state index in [9.17, 15) is 0 Å². The molecule has 0 N–H and O–H groups in total. The maximum Gasteiger partial charge on any atom is -0.0163 e. The standard InChI is InChI=1S/C14H18/c1-2-8-5-11-7-12(8)14-10-4-3-9(6-10)13(11)14/h2-4,9-14H,5-7H2,1H3/b8-2-. The minimum absolute atomic E-state index is 0.968. The molecule has 0 amide bonds. The quantitative estimate of drug-likeness (QED) is 0.402. The number of fused-ring (bicyclic) bond motifs is 9. The Balaban J connectivity index is 1.78. The second-order valence-corrected chi connectivity index (χ2v) is 5.77. The first kappa shape index (κ1) is 7.73. The van der Waals surface area contributed by atoms with Crippen LogP contribution < -0.4 is 0 Å². The fourth-order valence-electron chi connectivity index (χ4n) is 5.17. The van der Waals surface area contributed by atoms with E-state index in [0.29, 0.717) is 0 Å². The molecule has 0 nitrogen and oxygen atoms in total. The van der Waals surface area contributed by atoms with Crippen molar-refractivity contribution >= 4 is 0 Å². The van der Waals surface area contributed by atoms with Crippen molar-refractivity contribution in [2.75, 3.05) is 0 Å². The summed E-state index contributed by atoms with van der Waals surface area (Å²) < 4.78 is 0. The van der Waals surface area contributed by atoms with E-state index in [2.05, 4.69) is 25.2 Å². The molecule has 0 aromatic heterocycles. The molecule has 3 fully saturated rings. The lowest BCUT2D eigenvalue weighted by molar-refractivity contribution is 0.243. The minimum Gasteiger partial charge on any atom is -0.0882 e. The predicted molar refractivity (Wildman–Crippen MR) is 57.7 cm³/mol. The lowest BCUT2D eigenvalue weighted by atomic mass is 9.71. The van der Waals surface area contributed by atoms with Crippen LogP contribution in [0.5, 0.6) is 0 Å². The van der Waals surface area contributed by atoms with Gasteiger partial charge in [-0.05, 0) is 61.7 Å². The molecule has 4 aliphatic rings. The van der Waals surface area contributed by atoms with Crippen LogP contribution in [0.1, 0.15) is 26.2 Å². The van der Waals surface area contributed by atoms with Crippen LogP contribution in [0.4, 0.5) is 0 Å². The van der Waals surface area contributed by atoms with E-state index in [1.807, 2.05) is 0 Å². The fourth-order valence-corrected chi connectivity index (χ4v) is 5.17. The van der Waals surface area contributed by atoms with Crippen LogP contribution in [-0.4, -0.2) is 0 Å². The summed E-state index contributed by atoms with van der Waals surface area (Å²) in [6.07, 6.45) is 11.9. The molecule has 3 saturated carbocycles. The zero-order valence-corrected chi connectivity index (χ0v) is 8.82. The molecule has 0 heteroatoms. The lowest BCUT2D eigenvalue weighted by Crippen LogP contribution is -2.26. The lowest BCUT2D eigenvalue weighted by Gasteiger charge is -2.33.